The molecule has 186 valence electrons. The second-order valence-corrected chi connectivity index (χ2v) is 9.52. The summed E-state index contributed by atoms with van der Waals surface area (Å²) in [6.07, 6.45) is 3.85. The first kappa shape index (κ1) is 24.3. The zero-order valence-electron chi connectivity index (χ0n) is 20.0. The third kappa shape index (κ3) is 5.25. The van der Waals surface area contributed by atoms with Gasteiger partial charge in [-0.1, -0.05) is 29.5 Å². The number of nitrogens with zero attached hydrogens (tertiary/aromatic N) is 5. The van der Waals surface area contributed by atoms with Gasteiger partial charge in [-0.2, -0.15) is 0 Å². The van der Waals surface area contributed by atoms with Crippen LogP contribution in [0.2, 0.25) is 5.02 Å². The van der Waals surface area contributed by atoms with Crippen molar-refractivity contribution in [3.05, 3.63) is 87.4 Å². The molecule has 0 aliphatic carbocycles. The third-order valence-electron chi connectivity index (χ3n) is 6.33. The molecule has 1 atom stereocenters. The van der Waals surface area contributed by atoms with E-state index in [9.17, 15) is 10.1 Å². The van der Waals surface area contributed by atoms with Crippen LogP contribution < -0.4 is 15.4 Å². The minimum atomic E-state index is -0.460. The van der Waals surface area contributed by atoms with Crippen LogP contribution in [0.15, 0.2) is 61.1 Å². The highest BCUT2D eigenvalue weighted by Gasteiger charge is 2.33. The van der Waals surface area contributed by atoms with Crippen molar-refractivity contribution >= 4 is 39.7 Å². The Bertz CT molecular complexity index is 1550. The summed E-state index contributed by atoms with van der Waals surface area (Å²) < 4.78 is 5.83. The Morgan fingerprint density at radius 3 is 2.84 bits per heavy atom. The quantitative estimate of drug-likeness (QED) is 0.224. The number of fused-ring (bicyclic) bond motifs is 1. The smallest absolute Gasteiger partial charge is 0.285 e. The van der Waals surface area contributed by atoms with Crippen LogP contribution in [-0.2, 0) is 6.61 Å². The van der Waals surface area contributed by atoms with Gasteiger partial charge in [0.2, 0.25) is 0 Å². The van der Waals surface area contributed by atoms with Gasteiger partial charge in [-0.15, -0.1) is 0 Å². The number of rotatable bonds is 5. The number of aromatic nitrogens is 3. The van der Waals surface area contributed by atoms with E-state index in [1.165, 1.54) is 12.4 Å². The summed E-state index contributed by atoms with van der Waals surface area (Å²) in [6, 6.07) is 14.3. The van der Waals surface area contributed by atoms with E-state index in [1.54, 1.807) is 12.3 Å². The van der Waals surface area contributed by atoms with E-state index in [0.29, 0.717) is 40.4 Å². The maximum atomic E-state index is 11.7. The third-order valence-corrected chi connectivity index (χ3v) is 6.63. The zero-order chi connectivity index (χ0) is 26.0. The summed E-state index contributed by atoms with van der Waals surface area (Å²) in [4.78, 5) is 25.8. The molecule has 2 aromatic heterocycles. The standard InChI is InChI=1S/C27H23ClN6O3/c1-27(8-7-18-12-23-21(14-24(18)34(35)36)26(29)32-17-31-23)9-11-33(16-27)20-5-6-25(22(28)13-20)37-15-19-4-2-3-10-30-19/h2-6,10,12-14,17H,9,11,15-16H2,1H3,(H2,29,31,32)/t27-/m1/s1. The van der Waals surface area contributed by atoms with E-state index < -0.39 is 4.92 Å². The Morgan fingerprint density at radius 2 is 2.08 bits per heavy atom. The Balaban J connectivity index is 1.33. The van der Waals surface area contributed by atoms with E-state index in [1.807, 2.05) is 36.4 Å². The minimum absolute atomic E-state index is 0.118. The van der Waals surface area contributed by atoms with Crippen molar-refractivity contribution in [2.45, 2.75) is 20.0 Å². The molecule has 1 aliphatic heterocycles. The molecule has 37 heavy (non-hydrogen) atoms. The van der Waals surface area contributed by atoms with E-state index in [4.69, 9.17) is 22.1 Å². The van der Waals surface area contributed by atoms with Crippen molar-refractivity contribution in [1.29, 1.82) is 0 Å². The van der Waals surface area contributed by atoms with Gasteiger partial charge in [0.25, 0.3) is 5.69 Å². The molecule has 1 saturated heterocycles. The fourth-order valence-corrected chi connectivity index (χ4v) is 4.53. The summed E-state index contributed by atoms with van der Waals surface area (Å²) in [7, 11) is 0. The molecule has 0 radical (unpaired) electrons. The summed E-state index contributed by atoms with van der Waals surface area (Å²) in [6.45, 7) is 3.82. The molecule has 0 bridgehead atoms. The molecule has 0 amide bonds. The average Bonchev–Trinajstić information content (AvgIpc) is 3.29. The highest BCUT2D eigenvalue weighted by Crippen LogP contribution is 2.36. The van der Waals surface area contributed by atoms with Crippen LogP contribution >= 0.6 is 11.6 Å². The van der Waals surface area contributed by atoms with E-state index in [2.05, 4.69) is 38.6 Å². The van der Waals surface area contributed by atoms with Crippen molar-refractivity contribution in [3.8, 4) is 17.6 Å². The van der Waals surface area contributed by atoms with Crippen molar-refractivity contribution < 1.29 is 9.66 Å². The van der Waals surface area contributed by atoms with Gasteiger partial charge in [-0.3, -0.25) is 15.1 Å². The molecule has 0 unspecified atom stereocenters. The van der Waals surface area contributed by atoms with Crippen molar-refractivity contribution in [2.24, 2.45) is 5.41 Å². The molecular weight excluding hydrogens is 492 g/mol. The number of nitro benzene ring substituents is 1. The Labute approximate surface area is 218 Å². The van der Waals surface area contributed by atoms with Gasteiger partial charge in [-0.05, 0) is 49.7 Å². The maximum absolute atomic E-state index is 11.7. The molecule has 1 aliphatic rings. The highest BCUT2D eigenvalue weighted by atomic mass is 35.5. The minimum Gasteiger partial charge on any atom is -0.486 e. The summed E-state index contributed by atoms with van der Waals surface area (Å²) in [5.41, 5.74) is 7.98. The first-order valence-electron chi connectivity index (χ1n) is 11.6. The normalized spacial score (nSPS) is 16.9. The Hall–Kier alpha value is -4.42. The second kappa shape index (κ2) is 9.91. The monoisotopic (exact) mass is 514 g/mol. The Kier molecular flexibility index (Phi) is 6.51. The number of pyridine rings is 1. The topological polar surface area (TPSA) is 120 Å². The number of benzene rings is 2. The van der Waals surface area contributed by atoms with Crippen LogP contribution in [0.25, 0.3) is 10.9 Å². The van der Waals surface area contributed by atoms with Gasteiger partial charge >= 0.3 is 0 Å². The van der Waals surface area contributed by atoms with E-state index in [-0.39, 0.29) is 16.9 Å². The summed E-state index contributed by atoms with van der Waals surface area (Å²) in [5, 5.41) is 12.6. The molecule has 4 aromatic rings. The van der Waals surface area contributed by atoms with Crippen molar-refractivity contribution in [3.63, 3.8) is 0 Å². The predicted molar refractivity (Wildman–Crippen MR) is 142 cm³/mol. The van der Waals surface area contributed by atoms with E-state index >= 15 is 0 Å². The van der Waals surface area contributed by atoms with Gasteiger partial charge in [0.15, 0.2) is 0 Å². The predicted octanol–water partition coefficient (Wildman–Crippen LogP) is 5.02. The van der Waals surface area contributed by atoms with Gasteiger partial charge in [0.05, 0.1) is 21.2 Å². The average molecular weight is 515 g/mol. The van der Waals surface area contributed by atoms with Crippen LogP contribution in [0.1, 0.15) is 24.6 Å². The van der Waals surface area contributed by atoms with E-state index in [0.717, 1.165) is 24.3 Å². The number of hydrogen-bond donors (Lipinski definition) is 1. The van der Waals surface area contributed by atoms with Crippen LogP contribution in [-0.4, -0.2) is 33.0 Å². The lowest BCUT2D eigenvalue weighted by atomic mass is 9.90. The van der Waals surface area contributed by atoms with Gasteiger partial charge in [-0.25, -0.2) is 9.97 Å². The fourth-order valence-electron chi connectivity index (χ4n) is 4.30. The molecule has 2 aromatic carbocycles. The molecule has 5 rings (SSSR count). The molecule has 3 heterocycles. The van der Waals surface area contributed by atoms with Crippen LogP contribution in [0.5, 0.6) is 5.75 Å². The van der Waals surface area contributed by atoms with Gasteiger partial charge < -0.3 is 15.4 Å². The number of halogens is 1. The number of nitrogens with two attached hydrogens (primary N) is 1. The lowest BCUT2D eigenvalue weighted by molar-refractivity contribution is -0.385. The van der Waals surface area contributed by atoms with Gasteiger partial charge in [0.1, 0.15) is 30.1 Å². The number of ether oxygens (including phenoxy) is 1. The highest BCUT2D eigenvalue weighted by molar-refractivity contribution is 6.32. The fraction of sp³-hybridized carbons (Fsp3) is 0.222. The van der Waals surface area contributed by atoms with Crippen LogP contribution in [0.4, 0.5) is 17.2 Å². The lowest BCUT2D eigenvalue weighted by Crippen LogP contribution is -2.23. The van der Waals surface area contributed by atoms with Crippen molar-refractivity contribution in [1.82, 2.24) is 15.0 Å². The summed E-state index contributed by atoms with van der Waals surface area (Å²) >= 11 is 6.51. The Morgan fingerprint density at radius 1 is 1.22 bits per heavy atom. The number of hydrogen-bond acceptors (Lipinski definition) is 8. The first-order valence-corrected chi connectivity index (χ1v) is 12.0. The molecule has 9 nitrogen and oxygen atoms in total. The van der Waals surface area contributed by atoms with Crippen LogP contribution in [0.3, 0.4) is 0 Å². The lowest BCUT2D eigenvalue weighted by Gasteiger charge is -2.22. The number of anilines is 2. The molecule has 10 heteroatoms. The van der Waals surface area contributed by atoms with Gasteiger partial charge in [0, 0.05) is 41.8 Å². The molecule has 0 saturated carbocycles. The number of nitro groups is 1. The molecule has 1 fully saturated rings. The first-order chi connectivity index (χ1) is 17.8. The number of nitrogen functional groups attached to an aromatic ring is 1. The summed E-state index contributed by atoms with van der Waals surface area (Å²) in [5.74, 6) is 7.10. The zero-order valence-corrected chi connectivity index (χ0v) is 20.8. The van der Waals surface area contributed by atoms with Crippen LogP contribution in [0, 0.1) is 27.4 Å². The second-order valence-electron chi connectivity index (χ2n) is 9.11. The molecule has 2 N–H and O–H groups in total. The maximum Gasteiger partial charge on any atom is 0.285 e. The SMILES string of the molecule is C[C@@]1(C#Cc2cc3ncnc(N)c3cc2[N+](=O)[O-])CCN(c2ccc(OCc3ccccn3)c(Cl)c2)C1. The van der Waals surface area contributed by atoms with Crippen molar-refractivity contribution in [2.75, 3.05) is 23.7 Å². The largest absolute Gasteiger partial charge is 0.486 e. The molecular formula is C27H23ClN6O3. The molecule has 0 spiro atoms.